The Morgan fingerprint density at radius 3 is 2.50 bits per heavy atom. The van der Waals surface area contributed by atoms with Gasteiger partial charge in [-0.25, -0.2) is 0 Å². The lowest BCUT2D eigenvalue weighted by molar-refractivity contribution is -0.120. The lowest BCUT2D eigenvalue weighted by atomic mass is 10.0. The Kier molecular flexibility index (Phi) is 2.23. The number of nitrogens with zero attached hydrogens (tertiary/aromatic N) is 1. The molecule has 0 aliphatic carbocycles. The minimum absolute atomic E-state index is 0.455. The average molecular weight is 215 g/mol. The third-order valence-electron chi connectivity index (χ3n) is 3.85. The maximum Gasteiger partial charge on any atom is 0.137 e. The molecule has 3 rings (SSSR count). The minimum atomic E-state index is 0.455. The van der Waals surface area contributed by atoms with Crippen LogP contribution in [0.25, 0.3) is 0 Å². The van der Waals surface area contributed by atoms with E-state index in [0.29, 0.717) is 17.9 Å². The number of fused-ring (bicyclic) bond motifs is 2. The molecule has 2 heteroatoms. The first-order valence-corrected chi connectivity index (χ1v) is 6.11. The van der Waals surface area contributed by atoms with E-state index in [1.54, 1.807) is 0 Å². The van der Waals surface area contributed by atoms with Crippen LogP contribution in [0, 0.1) is 6.92 Å². The monoisotopic (exact) mass is 215 g/mol. The summed E-state index contributed by atoms with van der Waals surface area (Å²) in [5.74, 6) is 0.455. The molecule has 0 amide bonds. The van der Waals surface area contributed by atoms with Crippen molar-refractivity contribution in [3.05, 3.63) is 29.8 Å². The molecule has 2 nitrogen and oxygen atoms in total. The number of hydrogen-bond donors (Lipinski definition) is 0. The zero-order valence-corrected chi connectivity index (χ0v) is 9.65. The van der Waals surface area contributed by atoms with Crippen LogP contribution in [-0.4, -0.2) is 17.9 Å². The number of piperidine rings is 1. The van der Waals surface area contributed by atoms with Crippen molar-refractivity contribution in [1.29, 1.82) is 0 Å². The summed E-state index contributed by atoms with van der Waals surface area (Å²) in [5.41, 5.74) is 2.61. The normalized spacial score (nSPS) is 28.6. The molecule has 2 saturated heterocycles. The molecule has 84 valence electrons. The molecule has 2 aliphatic heterocycles. The van der Waals surface area contributed by atoms with Gasteiger partial charge >= 0.3 is 0 Å². The second kappa shape index (κ2) is 3.62. The molecule has 0 aromatic heterocycles. The Morgan fingerprint density at radius 1 is 1.19 bits per heavy atom. The zero-order valence-electron chi connectivity index (χ0n) is 9.65. The topological polar surface area (TPSA) is 20.3 Å². The second-order valence-electron chi connectivity index (χ2n) is 5.08. The van der Waals surface area contributed by atoms with E-state index in [9.17, 15) is 4.79 Å². The van der Waals surface area contributed by atoms with Crippen LogP contribution in [0.2, 0.25) is 0 Å². The van der Waals surface area contributed by atoms with Gasteiger partial charge in [0.1, 0.15) is 5.78 Å². The van der Waals surface area contributed by atoms with Crippen molar-refractivity contribution in [2.75, 3.05) is 4.90 Å². The fraction of sp³-hybridized carbons (Fsp3) is 0.500. The van der Waals surface area contributed by atoms with Gasteiger partial charge in [0, 0.05) is 30.6 Å². The van der Waals surface area contributed by atoms with Crippen LogP contribution in [0.5, 0.6) is 0 Å². The molecule has 2 aliphatic rings. The molecule has 1 aromatic rings. The Balaban J connectivity index is 1.94. The minimum Gasteiger partial charge on any atom is -0.365 e. The SMILES string of the molecule is Cc1cccc(N2C3CCC2CC(=O)C3)c1. The van der Waals surface area contributed by atoms with E-state index >= 15 is 0 Å². The summed E-state index contributed by atoms with van der Waals surface area (Å²) in [5, 5.41) is 0. The first-order valence-electron chi connectivity index (χ1n) is 6.11. The maximum absolute atomic E-state index is 11.5. The number of ketones is 1. The highest BCUT2D eigenvalue weighted by Gasteiger charge is 2.39. The standard InChI is InChI=1S/C14H17NO/c1-10-3-2-4-11(7-10)15-12-5-6-13(15)9-14(16)8-12/h2-4,7,12-13H,5-6,8-9H2,1H3. The first kappa shape index (κ1) is 9.88. The van der Waals surface area contributed by atoms with Crippen LogP contribution in [0.3, 0.4) is 0 Å². The van der Waals surface area contributed by atoms with Gasteiger partial charge in [0.15, 0.2) is 0 Å². The highest BCUT2D eigenvalue weighted by Crippen LogP contribution is 2.37. The summed E-state index contributed by atoms with van der Waals surface area (Å²) in [4.78, 5) is 14.0. The van der Waals surface area contributed by atoms with E-state index in [0.717, 1.165) is 12.8 Å². The molecule has 0 spiro atoms. The fourth-order valence-electron chi connectivity index (χ4n) is 3.18. The summed E-state index contributed by atoms with van der Waals surface area (Å²) >= 11 is 0. The molecule has 2 fully saturated rings. The maximum atomic E-state index is 11.5. The molecule has 2 bridgehead atoms. The summed E-state index contributed by atoms with van der Waals surface area (Å²) in [6.07, 6.45) is 3.88. The average Bonchev–Trinajstić information content (AvgIpc) is 2.51. The van der Waals surface area contributed by atoms with Crippen LogP contribution >= 0.6 is 0 Å². The molecule has 2 unspecified atom stereocenters. The van der Waals surface area contributed by atoms with Gasteiger partial charge < -0.3 is 4.90 Å². The fourth-order valence-corrected chi connectivity index (χ4v) is 3.18. The summed E-state index contributed by atoms with van der Waals surface area (Å²) in [6.45, 7) is 2.13. The summed E-state index contributed by atoms with van der Waals surface area (Å²) in [7, 11) is 0. The molecular weight excluding hydrogens is 198 g/mol. The quantitative estimate of drug-likeness (QED) is 0.718. The molecule has 0 radical (unpaired) electrons. The van der Waals surface area contributed by atoms with E-state index in [4.69, 9.17) is 0 Å². The van der Waals surface area contributed by atoms with Crippen molar-refractivity contribution < 1.29 is 4.79 Å². The molecular formula is C14H17NO. The van der Waals surface area contributed by atoms with Gasteiger partial charge in [-0.2, -0.15) is 0 Å². The number of Topliss-reactive ketones (excluding diaryl/α,β-unsaturated/α-hetero) is 1. The molecule has 2 heterocycles. The Bertz CT molecular complexity index is 410. The zero-order chi connectivity index (χ0) is 11.1. The number of carbonyl (C=O) groups is 1. The van der Waals surface area contributed by atoms with Gasteiger partial charge in [-0.05, 0) is 37.5 Å². The molecule has 0 saturated carbocycles. The third-order valence-corrected chi connectivity index (χ3v) is 3.85. The van der Waals surface area contributed by atoms with Crippen LogP contribution < -0.4 is 4.90 Å². The van der Waals surface area contributed by atoms with Crippen molar-refractivity contribution in [2.24, 2.45) is 0 Å². The van der Waals surface area contributed by atoms with Crippen molar-refractivity contribution in [3.63, 3.8) is 0 Å². The van der Waals surface area contributed by atoms with Crippen LogP contribution in [0.1, 0.15) is 31.2 Å². The Morgan fingerprint density at radius 2 is 1.88 bits per heavy atom. The first-order chi connectivity index (χ1) is 7.74. The predicted octanol–water partition coefficient (Wildman–Crippen LogP) is 2.70. The van der Waals surface area contributed by atoms with E-state index in [-0.39, 0.29) is 0 Å². The van der Waals surface area contributed by atoms with Gasteiger partial charge in [-0.1, -0.05) is 12.1 Å². The Hall–Kier alpha value is -1.31. The third kappa shape index (κ3) is 1.53. The van der Waals surface area contributed by atoms with Crippen molar-refractivity contribution >= 4 is 11.5 Å². The van der Waals surface area contributed by atoms with Gasteiger partial charge in [-0.15, -0.1) is 0 Å². The van der Waals surface area contributed by atoms with Gasteiger partial charge in [0.2, 0.25) is 0 Å². The summed E-state index contributed by atoms with van der Waals surface area (Å²) < 4.78 is 0. The lowest BCUT2D eigenvalue weighted by Crippen LogP contribution is -2.43. The van der Waals surface area contributed by atoms with Gasteiger partial charge in [0.25, 0.3) is 0 Å². The van der Waals surface area contributed by atoms with Crippen LogP contribution in [-0.2, 0) is 4.79 Å². The van der Waals surface area contributed by atoms with E-state index in [2.05, 4.69) is 36.1 Å². The van der Waals surface area contributed by atoms with E-state index in [1.807, 2.05) is 0 Å². The number of anilines is 1. The van der Waals surface area contributed by atoms with Crippen LogP contribution in [0.4, 0.5) is 5.69 Å². The van der Waals surface area contributed by atoms with E-state index in [1.165, 1.54) is 24.1 Å². The number of aryl methyl sites for hydroxylation is 1. The number of rotatable bonds is 1. The van der Waals surface area contributed by atoms with Crippen LogP contribution in [0.15, 0.2) is 24.3 Å². The van der Waals surface area contributed by atoms with Gasteiger partial charge in [0.05, 0.1) is 0 Å². The smallest absolute Gasteiger partial charge is 0.137 e. The lowest BCUT2D eigenvalue weighted by Gasteiger charge is -2.36. The van der Waals surface area contributed by atoms with E-state index < -0.39 is 0 Å². The molecule has 1 aromatic carbocycles. The number of carbonyl (C=O) groups excluding carboxylic acids is 1. The molecule has 2 atom stereocenters. The van der Waals surface area contributed by atoms with Gasteiger partial charge in [-0.3, -0.25) is 4.79 Å². The van der Waals surface area contributed by atoms with Crippen molar-refractivity contribution in [1.82, 2.24) is 0 Å². The van der Waals surface area contributed by atoms with Crippen molar-refractivity contribution in [3.8, 4) is 0 Å². The predicted molar refractivity (Wildman–Crippen MR) is 64.7 cm³/mol. The number of benzene rings is 1. The molecule has 16 heavy (non-hydrogen) atoms. The summed E-state index contributed by atoms with van der Waals surface area (Å²) in [6, 6.07) is 9.58. The largest absolute Gasteiger partial charge is 0.365 e. The Labute approximate surface area is 96.3 Å². The van der Waals surface area contributed by atoms with Crippen molar-refractivity contribution in [2.45, 2.75) is 44.7 Å². The molecule has 0 N–H and O–H groups in total. The highest BCUT2D eigenvalue weighted by molar-refractivity contribution is 5.83. The second-order valence-corrected chi connectivity index (χ2v) is 5.08. The number of hydrogen-bond acceptors (Lipinski definition) is 2. The highest BCUT2D eigenvalue weighted by atomic mass is 16.1.